The summed E-state index contributed by atoms with van der Waals surface area (Å²) in [6, 6.07) is 8.77. The van der Waals surface area contributed by atoms with E-state index in [4.69, 9.17) is 5.11 Å². The summed E-state index contributed by atoms with van der Waals surface area (Å²) in [5.74, 6) is 0. The molecule has 9 heavy (non-hydrogen) atoms. The largest absolute Gasteiger partial charge is 0.360 e. The molecule has 1 radical (unpaired) electrons. The van der Waals surface area contributed by atoms with Crippen LogP contribution in [-0.4, -0.2) is 5.11 Å². The second-order valence-electron chi connectivity index (χ2n) is 1.67. The lowest BCUT2D eigenvalue weighted by Crippen LogP contribution is -1.86. The maximum Gasteiger partial charge on any atom is 0.222 e. The van der Waals surface area contributed by atoms with Crippen molar-refractivity contribution in [3.63, 3.8) is 0 Å². The molecule has 0 bridgehead atoms. The second-order valence-corrected chi connectivity index (χ2v) is 1.67. The molecular formula is C7H6FO. The van der Waals surface area contributed by atoms with Gasteiger partial charge in [-0.1, -0.05) is 24.3 Å². The summed E-state index contributed by atoms with van der Waals surface area (Å²) in [7, 11) is 0. The molecule has 1 nitrogen and oxygen atoms in total. The minimum absolute atomic E-state index is 0.272. The van der Waals surface area contributed by atoms with Crippen LogP contribution < -0.4 is 0 Å². The van der Waals surface area contributed by atoms with Crippen LogP contribution in [0, 0.1) is 6.07 Å². The Labute approximate surface area is 52.8 Å². The van der Waals surface area contributed by atoms with Gasteiger partial charge in [0.1, 0.15) is 0 Å². The molecule has 1 aromatic rings. The predicted molar refractivity (Wildman–Crippen MR) is 31.3 cm³/mol. The van der Waals surface area contributed by atoms with E-state index in [0.29, 0.717) is 0 Å². The number of hydrogen-bond acceptors (Lipinski definition) is 1. The summed E-state index contributed by atoms with van der Waals surface area (Å²) in [6.45, 7) is 0. The van der Waals surface area contributed by atoms with E-state index in [1.165, 1.54) is 12.1 Å². The van der Waals surface area contributed by atoms with E-state index in [2.05, 4.69) is 6.07 Å². The Morgan fingerprint density at radius 2 is 2.00 bits per heavy atom. The molecule has 0 fully saturated rings. The third-order valence-corrected chi connectivity index (χ3v) is 1.02. The molecule has 0 aromatic heterocycles. The third kappa shape index (κ3) is 1.50. The van der Waals surface area contributed by atoms with Crippen molar-refractivity contribution < 1.29 is 9.50 Å². The molecule has 0 amide bonds. The quantitative estimate of drug-likeness (QED) is 0.602. The van der Waals surface area contributed by atoms with E-state index >= 15 is 0 Å². The van der Waals surface area contributed by atoms with Crippen molar-refractivity contribution in [2.75, 3.05) is 0 Å². The zero-order chi connectivity index (χ0) is 6.69. The predicted octanol–water partition coefficient (Wildman–Crippen LogP) is 1.45. The Balaban J connectivity index is 2.85. The zero-order valence-corrected chi connectivity index (χ0v) is 4.71. The summed E-state index contributed by atoms with van der Waals surface area (Å²) in [6.07, 6.45) is -1.86. The monoisotopic (exact) mass is 125 g/mol. The summed E-state index contributed by atoms with van der Waals surface area (Å²) < 4.78 is 12.0. The molecule has 1 rings (SSSR count). The lowest BCUT2D eigenvalue weighted by Gasteiger charge is -1.96. The van der Waals surface area contributed by atoms with E-state index < -0.39 is 6.36 Å². The fourth-order valence-electron chi connectivity index (χ4n) is 0.559. The average Bonchev–Trinajstić information content (AvgIpc) is 1.90. The molecular weight excluding hydrogens is 119 g/mol. The van der Waals surface area contributed by atoms with Crippen molar-refractivity contribution >= 4 is 0 Å². The summed E-state index contributed by atoms with van der Waals surface area (Å²) in [4.78, 5) is 0. The van der Waals surface area contributed by atoms with Crippen LogP contribution in [0.2, 0.25) is 0 Å². The fourth-order valence-corrected chi connectivity index (χ4v) is 0.559. The Morgan fingerprint density at radius 3 is 2.33 bits per heavy atom. The van der Waals surface area contributed by atoms with Gasteiger partial charge in [-0.15, -0.1) is 0 Å². The van der Waals surface area contributed by atoms with Crippen molar-refractivity contribution in [3.8, 4) is 0 Å². The van der Waals surface area contributed by atoms with Gasteiger partial charge in [-0.25, -0.2) is 4.39 Å². The van der Waals surface area contributed by atoms with Gasteiger partial charge in [0.25, 0.3) is 0 Å². The molecule has 0 saturated carbocycles. The minimum atomic E-state index is -1.86. The first-order valence-electron chi connectivity index (χ1n) is 2.59. The Kier molecular flexibility index (Phi) is 1.80. The van der Waals surface area contributed by atoms with E-state index in [9.17, 15) is 4.39 Å². The SMILES string of the molecule is OC(F)c1cc[c]cc1. The molecule has 0 saturated heterocycles. The number of aliphatic hydroxyl groups excluding tert-OH is 1. The standard InChI is InChI=1S/C7H6FO/c8-7(9)6-4-2-1-3-5-6/h2-5,7,9H. The first-order chi connectivity index (χ1) is 4.30. The summed E-state index contributed by atoms with van der Waals surface area (Å²) in [5, 5.41) is 8.34. The van der Waals surface area contributed by atoms with Gasteiger partial charge in [0.15, 0.2) is 0 Å². The molecule has 0 heterocycles. The van der Waals surface area contributed by atoms with Gasteiger partial charge in [-0.05, 0) is 6.07 Å². The normalized spacial score (nSPS) is 13.1. The highest BCUT2D eigenvalue weighted by atomic mass is 19.1. The van der Waals surface area contributed by atoms with Crippen molar-refractivity contribution in [1.82, 2.24) is 0 Å². The van der Waals surface area contributed by atoms with E-state index in [0.717, 1.165) is 0 Å². The Morgan fingerprint density at radius 1 is 1.44 bits per heavy atom. The third-order valence-electron chi connectivity index (χ3n) is 1.02. The maximum absolute atomic E-state index is 12.0. The molecule has 0 aliphatic heterocycles. The highest BCUT2D eigenvalue weighted by Crippen LogP contribution is 2.11. The summed E-state index contributed by atoms with van der Waals surface area (Å²) in [5.41, 5.74) is 0.272. The lowest BCUT2D eigenvalue weighted by atomic mass is 10.2. The second kappa shape index (κ2) is 2.60. The van der Waals surface area contributed by atoms with E-state index in [1.807, 2.05) is 0 Å². The zero-order valence-electron chi connectivity index (χ0n) is 4.71. The molecule has 1 aromatic carbocycles. The van der Waals surface area contributed by atoms with Crippen LogP contribution in [0.1, 0.15) is 11.9 Å². The van der Waals surface area contributed by atoms with Crippen LogP contribution in [0.3, 0.4) is 0 Å². The number of halogens is 1. The van der Waals surface area contributed by atoms with Gasteiger partial charge in [-0.3, -0.25) is 0 Å². The van der Waals surface area contributed by atoms with Gasteiger partial charge < -0.3 is 5.11 Å². The molecule has 2 heteroatoms. The van der Waals surface area contributed by atoms with Crippen LogP contribution >= 0.6 is 0 Å². The minimum Gasteiger partial charge on any atom is -0.360 e. The molecule has 0 aliphatic rings. The first-order valence-corrected chi connectivity index (χ1v) is 2.59. The van der Waals surface area contributed by atoms with Crippen molar-refractivity contribution in [1.29, 1.82) is 0 Å². The van der Waals surface area contributed by atoms with Crippen molar-refractivity contribution in [2.45, 2.75) is 6.36 Å². The van der Waals surface area contributed by atoms with Gasteiger partial charge in [0.2, 0.25) is 6.36 Å². The maximum atomic E-state index is 12.0. The van der Waals surface area contributed by atoms with E-state index in [1.54, 1.807) is 12.1 Å². The smallest absolute Gasteiger partial charge is 0.222 e. The van der Waals surface area contributed by atoms with Gasteiger partial charge in [-0.2, -0.15) is 0 Å². The van der Waals surface area contributed by atoms with Gasteiger partial charge in [0.05, 0.1) is 0 Å². The molecule has 0 spiro atoms. The van der Waals surface area contributed by atoms with Crippen LogP contribution in [0.25, 0.3) is 0 Å². The lowest BCUT2D eigenvalue weighted by molar-refractivity contribution is 0.0411. The van der Waals surface area contributed by atoms with Crippen LogP contribution in [-0.2, 0) is 0 Å². The highest BCUT2D eigenvalue weighted by Gasteiger charge is 1.99. The molecule has 1 unspecified atom stereocenters. The number of alkyl halides is 1. The Bertz CT molecular complexity index is 172. The van der Waals surface area contributed by atoms with Gasteiger partial charge >= 0.3 is 0 Å². The van der Waals surface area contributed by atoms with Gasteiger partial charge in [0, 0.05) is 5.56 Å². The number of benzene rings is 1. The number of aliphatic hydroxyl groups is 1. The fraction of sp³-hybridized carbons (Fsp3) is 0.143. The van der Waals surface area contributed by atoms with Crippen LogP contribution in [0.15, 0.2) is 24.3 Å². The average molecular weight is 125 g/mol. The first kappa shape index (κ1) is 6.23. The molecule has 1 atom stereocenters. The van der Waals surface area contributed by atoms with Crippen molar-refractivity contribution in [3.05, 3.63) is 35.9 Å². The van der Waals surface area contributed by atoms with Crippen LogP contribution in [0.5, 0.6) is 0 Å². The summed E-state index contributed by atoms with van der Waals surface area (Å²) >= 11 is 0. The topological polar surface area (TPSA) is 20.2 Å². The molecule has 1 N–H and O–H groups in total. The molecule has 47 valence electrons. The van der Waals surface area contributed by atoms with Crippen molar-refractivity contribution in [2.24, 2.45) is 0 Å². The molecule has 0 aliphatic carbocycles. The number of hydrogen-bond donors (Lipinski definition) is 1. The number of rotatable bonds is 1. The Hall–Kier alpha value is -0.890. The van der Waals surface area contributed by atoms with Crippen LogP contribution in [0.4, 0.5) is 4.39 Å². The highest BCUT2D eigenvalue weighted by molar-refractivity contribution is 5.14. The van der Waals surface area contributed by atoms with E-state index in [-0.39, 0.29) is 5.56 Å².